The molecule has 1 aromatic rings. The van der Waals surface area contributed by atoms with Crippen molar-refractivity contribution in [3.63, 3.8) is 0 Å². The Morgan fingerprint density at radius 2 is 1.50 bits per heavy atom. The molecule has 0 fully saturated rings. The van der Waals surface area contributed by atoms with E-state index in [2.05, 4.69) is 0 Å². The summed E-state index contributed by atoms with van der Waals surface area (Å²) in [6.07, 6.45) is 0. The number of para-hydroxylation sites is 1. The molecule has 8 heavy (non-hydrogen) atoms. The average molecular weight is 315 g/mol. The van der Waals surface area contributed by atoms with Gasteiger partial charge in [0.2, 0.25) is 0 Å². The molecule has 1 rings (SSSR count). The molecule has 0 unspecified atom stereocenters. The number of rotatable bonds is 0. The maximum atomic E-state index is 5.36. The number of hydrogen-bond donors (Lipinski definition) is 1. The minimum Gasteiger partial charge on any atom is -0.399 e. The van der Waals surface area contributed by atoms with Crippen molar-refractivity contribution in [2.45, 2.75) is 0 Å². The third-order valence-corrected chi connectivity index (χ3v) is 0.800. The van der Waals surface area contributed by atoms with Crippen molar-refractivity contribution in [2.24, 2.45) is 0 Å². The van der Waals surface area contributed by atoms with E-state index < -0.39 is 0 Å². The molecule has 0 spiro atoms. The molecule has 0 heterocycles. The van der Waals surface area contributed by atoms with Gasteiger partial charge in [0, 0.05) is 77.5 Å². The first-order valence-corrected chi connectivity index (χ1v) is 2.20. The Morgan fingerprint density at radius 3 is 1.75 bits per heavy atom. The molecule has 44 valence electrons. The summed E-state index contributed by atoms with van der Waals surface area (Å²) in [5.41, 5.74) is 6.18. The number of hydrogen-bond acceptors (Lipinski definition) is 1. The molecule has 2 N–H and O–H groups in total. The van der Waals surface area contributed by atoms with Gasteiger partial charge in [0.25, 0.3) is 0 Å². The van der Waals surface area contributed by atoms with Crippen molar-refractivity contribution in [1.82, 2.24) is 0 Å². The van der Waals surface area contributed by atoms with Crippen LogP contribution in [0.2, 0.25) is 0 Å². The third kappa shape index (κ3) is 3.22. The van der Waals surface area contributed by atoms with Crippen LogP contribution in [-0.4, -0.2) is 0 Å². The zero-order valence-electron chi connectivity index (χ0n) is 4.32. The number of anilines is 1. The summed E-state index contributed by atoms with van der Waals surface area (Å²) in [6.45, 7) is 0. The summed E-state index contributed by atoms with van der Waals surface area (Å²) < 4.78 is 0. The second-order valence-corrected chi connectivity index (χ2v) is 1.41. The third-order valence-electron chi connectivity index (χ3n) is 0.800. The first-order valence-electron chi connectivity index (χ1n) is 2.20. The normalized spacial score (nSPS) is 7.50. The van der Waals surface area contributed by atoms with E-state index in [9.17, 15) is 0 Å². The van der Waals surface area contributed by atoms with Crippen LogP contribution in [0.4, 0.5) is 5.69 Å². The Balaban J connectivity index is 0.000000490. The van der Waals surface area contributed by atoms with E-state index in [1.165, 1.54) is 0 Å². The van der Waals surface area contributed by atoms with Crippen LogP contribution < -0.4 is 5.73 Å². The van der Waals surface area contributed by atoms with E-state index in [4.69, 9.17) is 5.73 Å². The SMILES string of the molecule is Nc1ccccc1.[Rn]. The molecule has 0 amide bonds. The van der Waals surface area contributed by atoms with Gasteiger partial charge in [-0.05, 0) is 12.1 Å². The first kappa shape index (κ1) is 9.14. The minimum atomic E-state index is 0. The van der Waals surface area contributed by atoms with Crippen LogP contribution in [-0.2, 0) is 0 Å². The Morgan fingerprint density at radius 1 is 1.00 bits per heavy atom. The standard InChI is InChI=1S/C6H7N.Rn/c7-6-4-2-1-3-5-6;/h1-5H,7H2;. The molecular weight excluding hydrogens is 308 g/mol. The van der Waals surface area contributed by atoms with E-state index in [-0.39, 0.29) is 71.9 Å². The van der Waals surface area contributed by atoms with Crippen LogP contribution in [0.25, 0.3) is 0 Å². The van der Waals surface area contributed by atoms with Crippen LogP contribution in [0.1, 0.15) is 0 Å². The molecule has 0 saturated carbocycles. The second kappa shape index (κ2) is 4.96. The summed E-state index contributed by atoms with van der Waals surface area (Å²) in [5.74, 6) is 0. The Labute approximate surface area is 111 Å². The van der Waals surface area contributed by atoms with Crippen LogP contribution >= 0.6 is 0 Å². The van der Waals surface area contributed by atoms with Gasteiger partial charge in [-0.25, -0.2) is 0 Å². The summed E-state index contributed by atoms with van der Waals surface area (Å²) in [7, 11) is 0. The van der Waals surface area contributed by atoms with Gasteiger partial charge in [-0.1, -0.05) is 18.2 Å². The molecule has 0 bridgehead atoms. The second-order valence-electron chi connectivity index (χ2n) is 1.41. The van der Waals surface area contributed by atoms with Crippen LogP contribution in [0, 0.1) is 71.9 Å². The van der Waals surface area contributed by atoms with Gasteiger partial charge in [0.15, 0.2) is 0 Å². The maximum absolute atomic E-state index is 5.36. The maximum Gasteiger partial charge on any atom is 0.0313 e. The summed E-state index contributed by atoms with van der Waals surface area (Å²) in [6, 6.07) is 9.49. The van der Waals surface area contributed by atoms with Gasteiger partial charge < -0.3 is 5.73 Å². The number of nitrogen functional groups attached to an aromatic ring is 1. The molecular formula is C6H7NRn. The molecule has 1 nitrogen and oxygen atoms in total. The predicted octanol–water partition coefficient (Wildman–Crippen LogP) is 1.27. The fourth-order valence-corrected chi connectivity index (χ4v) is 0.453. The summed E-state index contributed by atoms with van der Waals surface area (Å²) >= 11 is 0. The smallest absolute Gasteiger partial charge is 0.0313 e. The molecule has 0 radical (unpaired) electrons. The quantitative estimate of drug-likeness (QED) is 0.717. The largest absolute Gasteiger partial charge is 0.399 e. The van der Waals surface area contributed by atoms with Gasteiger partial charge >= 0.3 is 0 Å². The van der Waals surface area contributed by atoms with E-state index >= 15 is 0 Å². The first-order chi connectivity index (χ1) is 3.39. The van der Waals surface area contributed by atoms with Crippen molar-refractivity contribution >= 4 is 5.69 Å². The Kier molecular flexibility index (Phi) is 5.67. The fraction of sp³-hybridized carbons (Fsp3) is 0. The molecule has 0 aromatic heterocycles. The van der Waals surface area contributed by atoms with Gasteiger partial charge in [0.05, 0.1) is 0 Å². The van der Waals surface area contributed by atoms with E-state index in [0.717, 1.165) is 5.69 Å². The monoisotopic (exact) mass is 315 g/mol. The topological polar surface area (TPSA) is 26.0 Å². The predicted molar refractivity (Wildman–Crippen MR) is 30.9 cm³/mol. The van der Waals surface area contributed by atoms with Crippen LogP contribution in [0.3, 0.4) is 0 Å². The van der Waals surface area contributed by atoms with E-state index in [0.29, 0.717) is 0 Å². The van der Waals surface area contributed by atoms with Gasteiger partial charge in [0.1, 0.15) is 0 Å². The van der Waals surface area contributed by atoms with Crippen LogP contribution in [0.15, 0.2) is 30.3 Å². The summed E-state index contributed by atoms with van der Waals surface area (Å²) in [5, 5.41) is 0. The zero-order valence-corrected chi connectivity index (χ0v) is 7.07. The molecule has 2 heteroatoms. The zero-order chi connectivity index (χ0) is 5.11. The Bertz CT molecular complexity index is 138. The Hall–Kier alpha value is 1.14. The van der Waals surface area contributed by atoms with Crippen molar-refractivity contribution in [3.05, 3.63) is 30.3 Å². The number of nitrogens with two attached hydrogens (primary N) is 1. The van der Waals surface area contributed by atoms with Gasteiger partial charge in [-0.2, -0.15) is 0 Å². The molecule has 0 aliphatic carbocycles. The molecule has 0 saturated heterocycles. The van der Waals surface area contributed by atoms with Crippen molar-refractivity contribution in [1.29, 1.82) is 0 Å². The van der Waals surface area contributed by atoms with Crippen molar-refractivity contribution in [2.75, 3.05) is 5.73 Å². The van der Waals surface area contributed by atoms with Gasteiger partial charge in [-0.3, -0.25) is 0 Å². The van der Waals surface area contributed by atoms with Gasteiger partial charge in [-0.15, -0.1) is 0 Å². The molecule has 0 aliphatic heterocycles. The van der Waals surface area contributed by atoms with E-state index in [1.54, 1.807) is 0 Å². The van der Waals surface area contributed by atoms with Crippen molar-refractivity contribution < 1.29 is 71.9 Å². The average Bonchev–Trinajstić information content (AvgIpc) is 1.69. The fourth-order valence-electron chi connectivity index (χ4n) is 0.453. The minimum absolute atomic E-state index is 0. The van der Waals surface area contributed by atoms with Crippen molar-refractivity contribution in [3.8, 4) is 0 Å². The van der Waals surface area contributed by atoms with Crippen LogP contribution in [0.5, 0.6) is 0 Å². The number of benzene rings is 1. The molecule has 0 atom stereocenters. The van der Waals surface area contributed by atoms with E-state index in [1.807, 2.05) is 30.3 Å². The molecule has 0 aliphatic rings. The summed E-state index contributed by atoms with van der Waals surface area (Å²) in [4.78, 5) is 0. The molecule has 1 aromatic carbocycles.